The maximum Gasteiger partial charge on any atom is 0.137 e. The Kier molecular flexibility index (Phi) is 3.20. The Balaban J connectivity index is 1.77. The van der Waals surface area contributed by atoms with Gasteiger partial charge in [-0.3, -0.25) is 4.40 Å². The monoisotopic (exact) mass is 300 g/mol. The van der Waals surface area contributed by atoms with Gasteiger partial charge >= 0.3 is 0 Å². The van der Waals surface area contributed by atoms with Crippen LogP contribution in [0.1, 0.15) is 0 Å². The van der Waals surface area contributed by atoms with Crippen LogP contribution in [0.3, 0.4) is 0 Å². The van der Waals surface area contributed by atoms with Crippen molar-refractivity contribution in [1.29, 1.82) is 0 Å². The molecule has 0 saturated carbocycles. The molecular formula is C19H16N4. The van der Waals surface area contributed by atoms with E-state index in [-0.39, 0.29) is 0 Å². The molecule has 4 nitrogen and oxygen atoms in total. The Hall–Kier alpha value is -3.27. The zero-order chi connectivity index (χ0) is 15.6. The Morgan fingerprint density at radius 2 is 1.74 bits per heavy atom. The molecule has 0 atom stereocenters. The molecule has 2 aromatic heterocycles. The Labute approximate surface area is 134 Å². The first-order valence-corrected chi connectivity index (χ1v) is 7.45. The quantitative estimate of drug-likeness (QED) is 0.554. The van der Waals surface area contributed by atoms with Gasteiger partial charge in [0, 0.05) is 23.1 Å². The second-order valence-electron chi connectivity index (χ2n) is 5.41. The number of hydrogen-bond donors (Lipinski definition) is 2. The summed E-state index contributed by atoms with van der Waals surface area (Å²) in [5.74, 6) is 0. The summed E-state index contributed by atoms with van der Waals surface area (Å²) < 4.78 is 2.07. The number of hydrogen-bond acceptors (Lipinski definition) is 3. The van der Waals surface area contributed by atoms with E-state index in [0.717, 1.165) is 34.0 Å². The highest BCUT2D eigenvalue weighted by atomic mass is 15.0. The van der Waals surface area contributed by atoms with Crippen molar-refractivity contribution >= 4 is 22.7 Å². The molecule has 0 aliphatic carbocycles. The van der Waals surface area contributed by atoms with Gasteiger partial charge in [0.1, 0.15) is 5.65 Å². The van der Waals surface area contributed by atoms with Gasteiger partial charge in [0.25, 0.3) is 0 Å². The number of benzene rings is 2. The first-order chi connectivity index (χ1) is 11.3. The van der Waals surface area contributed by atoms with Gasteiger partial charge < -0.3 is 11.1 Å². The molecule has 23 heavy (non-hydrogen) atoms. The standard InChI is InChI=1S/C19H16N4/c20-15-6-4-5-14(11-15)18-12-21-19-10-9-17(13-23(18)19)22-16-7-2-1-3-8-16/h1-13,22H,20H2. The van der Waals surface area contributed by atoms with Crippen LogP contribution in [0.5, 0.6) is 0 Å². The molecule has 0 aliphatic heterocycles. The molecule has 0 spiro atoms. The molecule has 2 aromatic carbocycles. The van der Waals surface area contributed by atoms with Gasteiger partial charge in [-0.15, -0.1) is 0 Å². The zero-order valence-corrected chi connectivity index (χ0v) is 12.5. The third-order valence-corrected chi connectivity index (χ3v) is 3.75. The number of nitrogen functional groups attached to an aromatic ring is 1. The molecule has 0 fully saturated rings. The fourth-order valence-electron chi connectivity index (χ4n) is 2.65. The minimum Gasteiger partial charge on any atom is -0.399 e. The lowest BCUT2D eigenvalue weighted by atomic mass is 10.1. The number of imidazole rings is 1. The van der Waals surface area contributed by atoms with E-state index in [1.807, 2.05) is 79.1 Å². The molecule has 4 aromatic rings. The average molecular weight is 300 g/mol. The van der Waals surface area contributed by atoms with E-state index in [2.05, 4.69) is 14.7 Å². The second kappa shape index (κ2) is 5.50. The van der Waals surface area contributed by atoms with Crippen molar-refractivity contribution in [3.63, 3.8) is 0 Å². The molecule has 0 radical (unpaired) electrons. The van der Waals surface area contributed by atoms with Crippen LogP contribution in [0.25, 0.3) is 16.9 Å². The van der Waals surface area contributed by atoms with Crippen LogP contribution >= 0.6 is 0 Å². The average Bonchev–Trinajstić information content (AvgIpc) is 2.99. The van der Waals surface area contributed by atoms with Crippen LogP contribution in [0.4, 0.5) is 17.1 Å². The number of aromatic nitrogens is 2. The van der Waals surface area contributed by atoms with Gasteiger partial charge in [0.2, 0.25) is 0 Å². The van der Waals surface area contributed by atoms with Crippen molar-refractivity contribution in [1.82, 2.24) is 9.38 Å². The Bertz CT molecular complexity index is 957. The largest absolute Gasteiger partial charge is 0.399 e. The molecule has 112 valence electrons. The summed E-state index contributed by atoms with van der Waals surface area (Å²) in [5, 5.41) is 3.40. The smallest absolute Gasteiger partial charge is 0.137 e. The van der Waals surface area contributed by atoms with Crippen molar-refractivity contribution in [2.45, 2.75) is 0 Å². The van der Waals surface area contributed by atoms with E-state index in [9.17, 15) is 0 Å². The van der Waals surface area contributed by atoms with Gasteiger partial charge in [-0.2, -0.15) is 0 Å². The van der Waals surface area contributed by atoms with E-state index in [0.29, 0.717) is 0 Å². The fourth-order valence-corrected chi connectivity index (χ4v) is 2.65. The third kappa shape index (κ3) is 2.62. The number of nitrogens with two attached hydrogens (primary N) is 1. The van der Waals surface area contributed by atoms with Gasteiger partial charge in [0.15, 0.2) is 0 Å². The second-order valence-corrected chi connectivity index (χ2v) is 5.41. The van der Waals surface area contributed by atoms with E-state index in [1.165, 1.54) is 0 Å². The normalized spacial score (nSPS) is 10.8. The molecule has 0 bridgehead atoms. The van der Waals surface area contributed by atoms with Crippen molar-refractivity contribution in [3.05, 3.63) is 79.1 Å². The number of rotatable bonds is 3. The lowest BCUT2D eigenvalue weighted by Gasteiger charge is -2.08. The summed E-state index contributed by atoms with van der Waals surface area (Å²) in [4.78, 5) is 4.47. The Morgan fingerprint density at radius 3 is 2.57 bits per heavy atom. The minimum absolute atomic E-state index is 0.746. The number of pyridine rings is 1. The summed E-state index contributed by atoms with van der Waals surface area (Å²) in [6, 6.07) is 22.0. The zero-order valence-electron chi connectivity index (χ0n) is 12.5. The maximum atomic E-state index is 5.90. The number of anilines is 3. The minimum atomic E-state index is 0.746. The number of fused-ring (bicyclic) bond motifs is 1. The maximum absolute atomic E-state index is 5.90. The van der Waals surface area contributed by atoms with Crippen molar-refractivity contribution in [3.8, 4) is 11.3 Å². The molecule has 4 rings (SSSR count). The summed E-state index contributed by atoms with van der Waals surface area (Å²) in [6.07, 6.45) is 3.92. The van der Waals surface area contributed by atoms with Crippen LogP contribution in [-0.4, -0.2) is 9.38 Å². The number of nitrogens with one attached hydrogen (secondary N) is 1. The van der Waals surface area contributed by atoms with Crippen LogP contribution in [0.2, 0.25) is 0 Å². The first kappa shape index (κ1) is 13.4. The highest BCUT2D eigenvalue weighted by molar-refractivity contribution is 5.69. The molecular weight excluding hydrogens is 284 g/mol. The third-order valence-electron chi connectivity index (χ3n) is 3.75. The van der Waals surface area contributed by atoms with E-state index < -0.39 is 0 Å². The van der Waals surface area contributed by atoms with Crippen LogP contribution in [0.15, 0.2) is 79.1 Å². The topological polar surface area (TPSA) is 55.3 Å². The number of nitrogens with zero attached hydrogens (tertiary/aromatic N) is 2. The fraction of sp³-hybridized carbons (Fsp3) is 0. The van der Waals surface area contributed by atoms with Crippen molar-refractivity contribution in [2.24, 2.45) is 0 Å². The highest BCUT2D eigenvalue weighted by Gasteiger charge is 2.07. The van der Waals surface area contributed by atoms with E-state index >= 15 is 0 Å². The van der Waals surface area contributed by atoms with Crippen LogP contribution in [0, 0.1) is 0 Å². The molecule has 2 heterocycles. The first-order valence-electron chi connectivity index (χ1n) is 7.45. The molecule has 3 N–H and O–H groups in total. The Morgan fingerprint density at radius 1 is 0.870 bits per heavy atom. The van der Waals surface area contributed by atoms with Gasteiger partial charge in [0.05, 0.1) is 17.6 Å². The molecule has 0 aliphatic rings. The molecule has 0 unspecified atom stereocenters. The van der Waals surface area contributed by atoms with Crippen LogP contribution in [-0.2, 0) is 0 Å². The lowest BCUT2D eigenvalue weighted by molar-refractivity contribution is 1.19. The summed E-state index contributed by atoms with van der Waals surface area (Å²) in [6.45, 7) is 0. The van der Waals surface area contributed by atoms with Crippen molar-refractivity contribution in [2.75, 3.05) is 11.1 Å². The van der Waals surface area contributed by atoms with E-state index in [1.54, 1.807) is 0 Å². The highest BCUT2D eigenvalue weighted by Crippen LogP contribution is 2.25. The summed E-state index contributed by atoms with van der Waals surface area (Å²) >= 11 is 0. The number of para-hydroxylation sites is 1. The lowest BCUT2D eigenvalue weighted by Crippen LogP contribution is -1.94. The SMILES string of the molecule is Nc1cccc(-c2cnc3ccc(Nc4ccccc4)cn23)c1. The molecule has 0 amide bonds. The molecule has 4 heteroatoms. The van der Waals surface area contributed by atoms with Crippen molar-refractivity contribution < 1.29 is 0 Å². The molecule has 0 saturated heterocycles. The van der Waals surface area contributed by atoms with Gasteiger partial charge in [-0.1, -0.05) is 30.3 Å². The predicted molar refractivity (Wildman–Crippen MR) is 94.8 cm³/mol. The van der Waals surface area contributed by atoms with Gasteiger partial charge in [-0.25, -0.2) is 4.98 Å². The predicted octanol–water partition coefficient (Wildman–Crippen LogP) is 4.33. The summed E-state index contributed by atoms with van der Waals surface area (Å²) in [7, 11) is 0. The summed E-state index contributed by atoms with van der Waals surface area (Å²) in [5.41, 5.74) is 11.7. The van der Waals surface area contributed by atoms with Gasteiger partial charge in [-0.05, 0) is 36.4 Å². The van der Waals surface area contributed by atoms with Crippen LogP contribution < -0.4 is 11.1 Å². The van der Waals surface area contributed by atoms with E-state index in [4.69, 9.17) is 5.73 Å².